The second-order valence-electron chi connectivity index (χ2n) is 18.5. The van der Waals surface area contributed by atoms with E-state index < -0.39 is 20.8 Å². The third-order valence-corrected chi connectivity index (χ3v) is 14.0. The van der Waals surface area contributed by atoms with E-state index in [4.69, 9.17) is 23.2 Å². The lowest BCUT2D eigenvalue weighted by molar-refractivity contribution is 0.471. The minimum Gasteiger partial charge on any atom is -0.507 e. The molecule has 0 spiro atoms. The van der Waals surface area contributed by atoms with E-state index >= 15 is 0 Å². The third kappa shape index (κ3) is 12.6. The molecule has 27 heteroatoms. The first kappa shape index (κ1) is 55.9. The zero-order valence-corrected chi connectivity index (χ0v) is 45.9. The number of phenolic OH excluding ortho intramolecular Hbond substituents is 6. The van der Waals surface area contributed by atoms with Gasteiger partial charge in [-0.3, -0.25) is 4.55 Å². The number of rotatable bonds is 18. The Labute approximate surface area is 491 Å². The predicted octanol–water partition coefficient (Wildman–Crippen LogP) is 14.3. The smallest absolute Gasteiger partial charge is 0.294 e. The van der Waals surface area contributed by atoms with E-state index in [0.717, 1.165) is 17.7 Å². The fraction of sp³-hybridized carbons (Fsp3) is 0.0345. The summed E-state index contributed by atoms with van der Waals surface area (Å²) in [5.74, 6) is -1.04. The highest BCUT2D eigenvalue weighted by Gasteiger charge is 2.21. The summed E-state index contributed by atoms with van der Waals surface area (Å²) in [6.07, 6.45) is 0.501. The summed E-state index contributed by atoms with van der Waals surface area (Å²) in [6.45, 7) is 0.358. The van der Waals surface area contributed by atoms with Gasteiger partial charge in [0.25, 0.3) is 10.1 Å². The molecule has 2 aromatic heterocycles. The van der Waals surface area contributed by atoms with Crippen LogP contribution in [0.25, 0.3) is 32.9 Å². The standard InChI is InChI=1S/C58H43Cl2N15O9S/c59-54-66-53(67-57(69-54)64-39-11-6-13-41(51(39)80)73-75-50-38(63-36-10-2-4-16-44(36)77)25-23-33-28-34(85(82,83)84)29-46(79)48(33)50)32-20-18-30(19-21-32)26-27-61-56-68-55(60)70-58(71-56)65-40-12-7-14-42(52(40)81)72-74-49-37(62-35-9-1-3-15-43(35)76)24-22-31-8-5-17-45(78)47(31)49/h1-25,28-29,62-63,76-81H,26-27H2,(H,82,83,84)(H,64,66,67,69)(H2,61,65,68,70,71). The van der Waals surface area contributed by atoms with Gasteiger partial charge in [0.2, 0.25) is 28.4 Å². The van der Waals surface area contributed by atoms with Crippen molar-refractivity contribution in [2.24, 2.45) is 20.5 Å². The highest BCUT2D eigenvalue weighted by Crippen LogP contribution is 2.46. The van der Waals surface area contributed by atoms with Gasteiger partial charge in [0.05, 0.1) is 49.8 Å². The lowest BCUT2D eigenvalue weighted by atomic mass is 10.1. The molecule has 424 valence electrons. The molecule has 0 saturated heterocycles. The van der Waals surface area contributed by atoms with Gasteiger partial charge in [0, 0.05) is 18.2 Å². The first-order valence-electron chi connectivity index (χ1n) is 25.3. The number of nitrogens with zero attached hydrogens (tertiary/aromatic N) is 10. The van der Waals surface area contributed by atoms with E-state index in [0.29, 0.717) is 40.7 Å². The van der Waals surface area contributed by atoms with Gasteiger partial charge in [-0.1, -0.05) is 84.9 Å². The predicted molar refractivity (Wildman–Crippen MR) is 322 cm³/mol. The first-order valence-corrected chi connectivity index (χ1v) is 27.5. The Morgan fingerprint density at radius 2 is 0.941 bits per heavy atom. The summed E-state index contributed by atoms with van der Waals surface area (Å²) >= 11 is 12.7. The van der Waals surface area contributed by atoms with Crippen LogP contribution in [-0.4, -0.2) is 80.1 Å². The number of hydrogen-bond acceptors (Lipinski definition) is 23. The SMILES string of the molecule is O=S(=O)(O)c1cc(O)c2c(N=Nc3cccc(Nc4nc(Cl)nc(-c5ccc(CCNc6nc(Cl)nc(Nc7cccc(N=Nc8c(Nc9ccccc9O)ccc9cccc(O)c89)c7O)n6)cc5)n4)c3O)c(Nc3ccccc3O)ccc2c1. The van der Waals surface area contributed by atoms with Gasteiger partial charge in [0.1, 0.15) is 45.7 Å². The monoisotopic (exact) mass is 1200 g/mol. The number of anilines is 9. The van der Waals surface area contributed by atoms with Crippen LogP contribution in [0.3, 0.4) is 0 Å². The molecule has 85 heavy (non-hydrogen) atoms. The summed E-state index contributed by atoms with van der Waals surface area (Å²) < 4.78 is 33.7. The fourth-order valence-corrected chi connectivity index (χ4v) is 9.64. The van der Waals surface area contributed by atoms with E-state index in [2.05, 4.69) is 76.9 Å². The molecule has 0 aliphatic heterocycles. The van der Waals surface area contributed by atoms with Crippen molar-refractivity contribution in [1.29, 1.82) is 0 Å². The number of nitrogens with one attached hydrogen (secondary N) is 5. The maximum absolute atomic E-state index is 12.0. The van der Waals surface area contributed by atoms with Crippen molar-refractivity contribution in [3.8, 4) is 45.9 Å². The quantitative estimate of drug-likeness (QED) is 0.0216. The van der Waals surface area contributed by atoms with Crippen molar-refractivity contribution in [2.75, 3.05) is 33.1 Å². The molecule has 11 aromatic rings. The zero-order valence-electron chi connectivity index (χ0n) is 43.6. The average Bonchev–Trinajstić information content (AvgIpc) is 2.74. The largest absolute Gasteiger partial charge is 0.507 e. The molecule has 0 fully saturated rings. The lowest BCUT2D eigenvalue weighted by Gasteiger charge is -2.14. The van der Waals surface area contributed by atoms with Crippen molar-refractivity contribution in [2.45, 2.75) is 11.3 Å². The topological polar surface area (TPSA) is 363 Å². The number of para-hydroxylation sites is 6. The normalized spacial score (nSPS) is 11.6. The van der Waals surface area contributed by atoms with Gasteiger partial charge < -0.3 is 57.2 Å². The molecule has 12 N–H and O–H groups in total. The summed E-state index contributed by atoms with van der Waals surface area (Å²) in [5, 5.41) is 99.5. The molecule has 0 bridgehead atoms. The Bertz CT molecular complexity index is 4590. The molecule has 24 nitrogen and oxygen atoms in total. The molecular formula is C58H43Cl2N15O9S. The number of phenols is 6. The Hall–Kier alpha value is -11.0. The Morgan fingerprint density at radius 3 is 1.53 bits per heavy atom. The van der Waals surface area contributed by atoms with Crippen LogP contribution in [0.4, 0.5) is 74.7 Å². The van der Waals surface area contributed by atoms with E-state index in [1.807, 2.05) is 18.2 Å². The number of hydrogen-bond donors (Lipinski definition) is 12. The van der Waals surface area contributed by atoms with Crippen molar-refractivity contribution in [3.63, 3.8) is 0 Å². The van der Waals surface area contributed by atoms with E-state index in [9.17, 15) is 43.6 Å². The maximum atomic E-state index is 12.0. The molecule has 9 aromatic carbocycles. The highest BCUT2D eigenvalue weighted by molar-refractivity contribution is 7.85. The van der Waals surface area contributed by atoms with Crippen LogP contribution in [0.15, 0.2) is 189 Å². The Morgan fingerprint density at radius 1 is 0.435 bits per heavy atom. The van der Waals surface area contributed by atoms with Gasteiger partial charge >= 0.3 is 0 Å². The number of azo groups is 2. The van der Waals surface area contributed by atoms with Crippen molar-refractivity contribution >= 4 is 130 Å². The molecule has 0 unspecified atom stereocenters. The molecule has 0 saturated carbocycles. The fourth-order valence-electron chi connectivity index (χ4n) is 8.78. The molecule has 0 aliphatic carbocycles. The van der Waals surface area contributed by atoms with E-state index in [1.165, 1.54) is 42.5 Å². The molecule has 0 amide bonds. The molecule has 0 radical (unpaired) electrons. The second-order valence-corrected chi connectivity index (χ2v) is 20.6. The summed E-state index contributed by atoms with van der Waals surface area (Å²) in [4.78, 5) is 25.3. The maximum Gasteiger partial charge on any atom is 0.294 e. The Kier molecular flexibility index (Phi) is 15.7. The minimum absolute atomic E-state index is 0.00171. The lowest BCUT2D eigenvalue weighted by Crippen LogP contribution is -2.10. The van der Waals surface area contributed by atoms with Crippen LogP contribution in [0, 0.1) is 0 Å². The number of aromatic hydroxyl groups is 6. The Balaban J connectivity index is 0.754. The van der Waals surface area contributed by atoms with Crippen LogP contribution < -0.4 is 26.6 Å². The molecule has 2 heterocycles. The van der Waals surface area contributed by atoms with Crippen molar-refractivity contribution < 1.29 is 43.6 Å². The van der Waals surface area contributed by atoms with Crippen molar-refractivity contribution in [3.05, 3.63) is 180 Å². The molecule has 0 aliphatic rings. The summed E-state index contributed by atoms with van der Waals surface area (Å²) in [5.41, 5.74) is 3.37. The second kappa shape index (κ2) is 23.8. The number of halogens is 2. The van der Waals surface area contributed by atoms with Gasteiger partial charge in [-0.05, 0) is 119 Å². The van der Waals surface area contributed by atoms with Crippen LogP contribution in [0.1, 0.15) is 5.56 Å². The van der Waals surface area contributed by atoms with Crippen LogP contribution in [0.2, 0.25) is 10.6 Å². The van der Waals surface area contributed by atoms with Crippen LogP contribution >= 0.6 is 23.2 Å². The highest BCUT2D eigenvalue weighted by atomic mass is 35.5. The van der Waals surface area contributed by atoms with E-state index in [-0.39, 0.29) is 119 Å². The van der Waals surface area contributed by atoms with Crippen LogP contribution in [-0.2, 0) is 16.5 Å². The zero-order chi connectivity index (χ0) is 59.4. The van der Waals surface area contributed by atoms with E-state index in [1.54, 1.807) is 91.0 Å². The number of fused-ring (bicyclic) bond motifs is 2. The molecule has 11 rings (SSSR count). The number of benzene rings is 9. The van der Waals surface area contributed by atoms with Gasteiger partial charge in [0.15, 0.2) is 17.3 Å². The van der Waals surface area contributed by atoms with Gasteiger partial charge in [-0.25, -0.2) is 0 Å². The third-order valence-electron chi connectivity index (χ3n) is 12.8. The average molecular weight is 1200 g/mol. The number of aromatic nitrogens is 6. The molecule has 0 atom stereocenters. The first-order chi connectivity index (χ1) is 41.0. The minimum atomic E-state index is -4.70. The molecular weight excluding hydrogens is 1150 g/mol. The van der Waals surface area contributed by atoms with Gasteiger partial charge in [-0.15, -0.1) is 20.5 Å². The summed E-state index contributed by atoms with van der Waals surface area (Å²) in [6, 6.07) is 43.2. The summed E-state index contributed by atoms with van der Waals surface area (Å²) in [7, 11) is -4.70. The van der Waals surface area contributed by atoms with Crippen LogP contribution in [0.5, 0.6) is 34.5 Å². The van der Waals surface area contributed by atoms with Crippen molar-refractivity contribution in [1.82, 2.24) is 29.9 Å². The van der Waals surface area contributed by atoms with Gasteiger partial charge in [-0.2, -0.15) is 38.3 Å².